The van der Waals surface area contributed by atoms with Gasteiger partial charge in [-0.25, -0.2) is 9.78 Å². The number of anilines is 1. The number of ether oxygens (including phenoxy) is 1. The van der Waals surface area contributed by atoms with Crippen LogP contribution in [0.4, 0.5) is 10.6 Å². The van der Waals surface area contributed by atoms with Crippen LogP contribution in [0.2, 0.25) is 5.28 Å². The van der Waals surface area contributed by atoms with Gasteiger partial charge in [0, 0.05) is 31.4 Å². The van der Waals surface area contributed by atoms with Gasteiger partial charge in [-0.2, -0.15) is 4.98 Å². The quantitative estimate of drug-likeness (QED) is 0.702. The molecule has 1 aromatic rings. The van der Waals surface area contributed by atoms with E-state index in [1.165, 1.54) is 0 Å². The summed E-state index contributed by atoms with van der Waals surface area (Å²) in [5.74, 6) is 0.836. The molecule has 6 nitrogen and oxygen atoms in total. The van der Waals surface area contributed by atoms with Crippen molar-refractivity contribution in [2.45, 2.75) is 39.7 Å². The molecule has 0 radical (unpaired) electrons. The van der Waals surface area contributed by atoms with Gasteiger partial charge in [-0.1, -0.05) is 17.7 Å². The number of halogens is 1. The fourth-order valence-electron chi connectivity index (χ4n) is 3.06. The summed E-state index contributed by atoms with van der Waals surface area (Å²) in [4.78, 5) is 25.0. The van der Waals surface area contributed by atoms with E-state index in [2.05, 4.69) is 33.9 Å². The fourth-order valence-corrected chi connectivity index (χ4v) is 3.23. The second kappa shape index (κ2) is 7.27. The molecular formula is C19H25ClN4O2. The topological polar surface area (TPSA) is 58.6 Å². The Morgan fingerprint density at radius 2 is 1.85 bits per heavy atom. The van der Waals surface area contributed by atoms with Gasteiger partial charge in [-0.05, 0) is 51.8 Å². The largest absolute Gasteiger partial charge is 0.444 e. The lowest BCUT2D eigenvalue weighted by Gasteiger charge is -2.36. The van der Waals surface area contributed by atoms with E-state index in [4.69, 9.17) is 16.3 Å². The monoisotopic (exact) mass is 376 g/mol. The van der Waals surface area contributed by atoms with Gasteiger partial charge >= 0.3 is 6.09 Å². The highest BCUT2D eigenvalue weighted by Gasteiger charge is 2.27. The first-order chi connectivity index (χ1) is 12.2. The van der Waals surface area contributed by atoms with Gasteiger partial charge in [0.15, 0.2) is 0 Å². The zero-order valence-corrected chi connectivity index (χ0v) is 16.5. The molecule has 0 bridgehead atoms. The first-order valence-corrected chi connectivity index (χ1v) is 9.26. The van der Waals surface area contributed by atoms with E-state index in [0.717, 1.165) is 28.4 Å². The summed E-state index contributed by atoms with van der Waals surface area (Å²) in [6.45, 7) is 10.2. The highest BCUT2D eigenvalue weighted by Crippen LogP contribution is 2.15. The predicted octanol–water partition coefficient (Wildman–Crippen LogP) is 2.10. The van der Waals surface area contributed by atoms with Gasteiger partial charge in [0.1, 0.15) is 11.4 Å². The Balaban J connectivity index is 1.80. The number of nitrogens with zero attached hydrogens (tertiary/aromatic N) is 4. The number of aromatic nitrogens is 2. The third kappa shape index (κ3) is 4.36. The molecule has 1 saturated heterocycles. The van der Waals surface area contributed by atoms with E-state index in [0.29, 0.717) is 26.2 Å². The third-order valence-electron chi connectivity index (χ3n) is 4.28. The first kappa shape index (κ1) is 18.7. The number of hydrogen-bond acceptors (Lipinski definition) is 5. The molecule has 0 unspecified atom stereocenters. The molecule has 7 heteroatoms. The van der Waals surface area contributed by atoms with E-state index in [1.54, 1.807) is 4.90 Å². The SMILES string of the molecule is CC1=CCC=c2c(N3CCN(C(=O)OC(C)(C)C)CC3)nc(Cl)nc2=C1. The zero-order chi connectivity index (χ0) is 18.9. The average molecular weight is 377 g/mol. The summed E-state index contributed by atoms with van der Waals surface area (Å²) in [6.07, 6.45) is 6.89. The molecule has 3 rings (SSSR count). The van der Waals surface area contributed by atoms with Gasteiger partial charge in [0.25, 0.3) is 0 Å². The number of hydrogen-bond donors (Lipinski definition) is 0. The Hall–Kier alpha value is -2.08. The highest BCUT2D eigenvalue weighted by atomic mass is 35.5. The maximum atomic E-state index is 12.2. The summed E-state index contributed by atoms with van der Waals surface area (Å²) in [7, 11) is 0. The number of fused-ring (bicyclic) bond motifs is 1. The number of piperazine rings is 1. The number of carbonyl (C=O) groups excluding carboxylic acids is 1. The molecule has 0 atom stereocenters. The molecule has 0 saturated carbocycles. The summed E-state index contributed by atoms with van der Waals surface area (Å²) in [5.41, 5.74) is 0.678. The van der Waals surface area contributed by atoms with E-state index < -0.39 is 5.60 Å². The minimum atomic E-state index is -0.485. The van der Waals surface area contributed by atoms with Crippen LogP contribution in [0.5, 0.6) is 0 Å². The second-order valence-electron chi connectivity index (χ2n) is 7.60. The average Bonchev–Trinajstić information content (AvgIpc) is 2.73. The maximum absolute atomic E-state index is 12.2. The molecular weight excluding hydrogens is 352 g/mol. The number of amides is 1. The summed E-state index contributed by atoms with van der Waals surface area (Å²) in [6, 6.07) is 0. The Morgan fingerprint density at radius 3 is 2.50 bits per heavy atom. The van der Waals surface area contributed by atoms with E-state index in [1.807, 2.05) is 26.8 Å². The van der Waals surface area contributed by atoms with Crippen molar-refractivity contribution in [2.75, 3.05) is 31.1 Å². The van der Waals surface area contributed by atoms with E-state index in [9.17, 15) is 4.79 Å². The Kier molecular flexibility index (Phi) is 5.23. The van der Waals surface area contributed by atoms with Crippen molar-refractivity contribution in [1.82, 2.24) is 14.9 Å². The molecule has 140 valence electrons. The van der Waals surface area contributed by atoms with Gasteiger partial charge in [0.2, 0.25) is 5.28 Å². The van der Waals surface area contributed by atoms with Crippen LogP contribution in [-0.4, -0.2) is 52.7 Å². The summed E-state index contributed by atoms with van der Waals surface area (Å²) < 4.78 is 5.46. The van der Waals surface area contributed by atoms with Crippen molar-refractivity contribution in [2.24, 2.45) is 0 Å². The fraction of sp³-hybridized carbons (Fsp3) is 0.526. The van der Waals surface area contributed by atoms with Crippen molar-refractivity contribution in [3.8, 4) is 0 Å². The van der Waals surface area contributed by atoms with Gasteiger partial charge in [-0.3, -0.25) is 0 Å². The maximum Gasteiger partial charge on any atom is 0.410 e. The van der Waals surface area contributed by atoms with Crippen molar-refractivity contribution < 1.29 is 9.53 Å². The van der Waals surface area contributed by atoms with Crippen molar-refractivity contribution in [3.05, 3.63) is 27.5 Å². The van der Waals surface area contributed by atoms with Crippen LogP contribution in [0.25, 0.3) is 12.2 Å². The Labute approximate surface area is 158 Å². The lowest BCUT2D eigenvalue weighted by molar-refractivity contribution is 0.0240. The van der Waals surface area contributed by atoms with Crippen LogP contribution < -0.4 is 15.5 Å². The molecule has 2 aliphatic rings. The Morgan fingerprint density at radius 1 is 1.15 bits per heavy atom. The lowest BCUT2D eigenvalue weighted by Crippen LogP contribution is -2.52. The van der Waals surface area contributed by atoms with Crippen LogP contribution in [0, 0.1) is 0 Å². The summed E-state index contributed by atoms with van der Waals surface area (Å²) >= 11 is 6.17. The second-order valence-corrected chi connectivity index (χ2v) is 7.94. The third-order valence-corrected chi connectivity index (χ3v) is 4.45. The van der Waals surface area contributed by atoms with Gasteiger partial charge < -0.3 is 14.5 Å². The van der Waals surface area contributed by atoms with Crippen LogP contribution in [-0.2, 0) is 4.74 Å². The molecule has 0 aromatic carbocycles. The molecule has 26 heavy (non-hydrogen) atoms. The molecule has 1 fully saturated rings. The molecule has 2 heterocycles. The van der Waals surface area contributed by atoms with Crippen LogP contribution in [0.15, 0.2) is 11.6 Å². The van der Waals surface area contributed by atoms with E-state index >= 15 is 0 Å². The normalized spacial score (nSPS) is 17.5. The van der Waals surface area contributed by atoms with Crippen LogP contribution in [0.3, 0.4) is 0 Å². The number of rotatable bonds is 1. The highest BCUT2D eigenvalue weighted by molar-refractivity contribution is 6.28. The molecule has 1 amide bonds. The zero-order valence-electron chi connectivity index (χ0n) is 15.8. The standard InChI is InChI=1S/C19H25ClN4O2/c1-13-6-5-7-14-15(12-13)21-17(20)22-16(14)23-8-10-24(11-9-23)18(25)26-19(2,3)4/h6-7,12H,5,8-11H2,1-4H3. The molecule has 1 aliphatic carbocycles. The number of carbonyl (C=O) groups is 1. The first-order valence-electron chi connectivity index (χ1n) is 8.88. The smallest absolute Gasteiger partial charge is 0.410 e. The number of allylic oxidation sites excluding steroid dienone is 2. The van der Waals surface area contributed by atoms with Gasteiger partial charge in [-0.15, -0.1) is 0 Å². The van der Waals surface area contributed by atoms with Crippen LogP contribution in [0.1, 0.15) is 34.1 Å². The molecule has 1 aliphatic heterocycles. The molecule has 0 N–H and O–H groups in total. The Bertz CT molecular complexity index is 850. The lowest BCUT2D eigenvalue weighted by atomic mass is 10.2. The summed E-state index contributed by atoms with van der Waals surface area (Å²) in [5, 5.41) is 2.10. The molecule has 0 spiro atoms. The molecule has 1 aromatic heterocycles. The van der Waals surface area contributed by atoms with Gasteiger partial charge in [0.05, 0.1) is 5.35 Å². The van der Waals surface area contributed by atoms with Crippen molar-refractivity contribution >= 4 is 35.7 Å². The van der Waals surface area contributed by atoms with Crippen LogP contribution >= 0.6 is 11.6 Å². The minimum absolute atomic E-state index is 0.243. The van der Waals surface area contributed by atoms with Crippen molar-refractivity contribution in [3.63, 3.8) is 0 Å². The predicted molar refractivity (Wildman–Crippen MR) is 104 cm³/mol. The van der Waals surface area contributed by atoms with E-state index in [-0.39, 0.29) is 11.4 Å². The minimum Gasteiger partial charge on any atom is -0.444 e. The van der Waals surface area contributed by atoms with Crippen molar-refractivity contribution in [1.29, 1.82) is 0 Å².